The van der Waals surface area contributed by atoms with Crippen LogP contribution in [0.1, 0.15) is 85.0 Å². The van der Waals surface area contributed by atoms with Crippen LogP contribution in [0.5, 0.6) is 0 Å². The maximum Gasteiger partial charge on any atom is 0.305 e. The van der Waals surface area contributed by atoms with Crippen molar-refractivity contribution >= 4 is 11.9 Å². The molecule has 22 heavy (non-hydrogen) atoms. The van der Waals surface area contributed by atoms with Gasteiger partial charge in [-0.25, -0.2) is 0 Å². The Kier molecular flexibility index (Phi) is 14.1. The highest BCUT2D eigenvalue weighted by atomic mass is 16.5. The van der Waals surface area contributed by atoms with Crippen LogP contribution in [0.25, 0.3) is 0 Å². The van der Waals surface area contributed by atoms with Crippen LogP contribution in [0.4, 0.5) is 0 Å². The number of hydrogen-bond acceptors (Lipinski definition) is 4. The Morgan fingerprint density at radius 2 is 1.32 bits per heavy atom. The molecule has 0 bridgehead atoms. The van der Waals surface area contributed by atoms with Crippen molar-refractivity contribution < 1.29 is 19.1 Å². The summed E-state index contributed by atoms with van der Waals surface area (Å²) in [6.45, 7) is 7.25. The first-order valence-electron chi connectivity index (χ1n) is 8.87. The number of carbonyl (C=O) groups is 2. The lowest BCUT2D eigenvalue weighted by Gasteiger charge is -2.07. The molecule has 0 aliphatic heterocycles. The van der Waals surface area contributed by atoms with Gasteiger partial charge >= 0.3 is 11.9 Å². The second kappa shape index (κ2) is 14.9. The Balaban J connectivity index is 3.32. The molecule has 0 fully saturated rings. The van der Waals surface area contributed by atoms with E-state index in [-0.39, 0.29) is 11.9 Å². The summed E-state index contributed by atoms with van der Waals surface area (Å²) >= 11 is 0. The zero-order valence-electron chi connectivity index (χ0n) is 14.7. The van der Waals surface area contributed by atoms with Crippen LogP contribution in [-0.4, -0.2) is 25.2 Å². The van der Waals surface area contributed by atoms with Gasteiger partial charge in [-0.3, -0.25) is 9.59 Å². The van der Waals surface area contributed by atoms with E-state index in [1.54, 1.807) is 0 Å². The molecule has 0 amide bonds. The first-order valence-corrected chi connectivity index (χ1v) is 8.87. The van der Waals surface area contributed by atoms with E-state index in [1.807, 2.05) is 13.8 Å². The van der Waals surface area contributed by atoms with Crippen LogP contribution in [0.3, 0.4) is 0 Å². The van der Waals surface area contributed by atoms with Crippen molar-refractivity contribution in [2.75, 3.05) is 13.2 Å². The molecule has 0 aromatic rings. The van der Waals surface area contributed by atoms with Crippen LogP contribution in [-0.2, 0) is 19.1 Å². The van der Waals surface area contributed by atoms with E-state index in [0.29, 0.717) is 32.0 Å². The Labute approximate surface area is 135 Å². The summed E-state index contributed by atoms with van der Waals surface area (Å²) in [5.74, 6) is 0.127. The molecule has 0 aliphatic rings. The van der Waals surface area contributed by atoms with E-state index in [4.69, 9.17) is 9.47 Å². The SMILES string of the molecule is CCCCCCCOC(=O)CCCCCC(=O)OCC(C)C. The Morgan fingerprint density at radius 3 is 1.91 bits per heavy atom. The minimum Gasteiger partial charge on any atom is -0.466 e. The van der Waals surface area contributed by atoms with Crippen molar-refractivity contribution in [1.29, 1.82) is 0 Å². The van der Waals surface area contributed by atoms with Crippen molar-refractivity contribution in [3.05, 3.63) is 0 Å². The van der Waals surface area contributed by atoms with Gasteiger partial charge in [0.1, 0.15) is 0 Å². The van der Waals surface area contributed by atoms with Gasteiger partial charge in [-0.05, 0) is 25.2 Å². The molecule has 0 saturated carbocycles. The predicted molar refractivity (Wildman–Crippen MR) is 88.6 cm³/mol. The Hall–Kier alpha value is -1.06. The lowest BCUT2D eigenvalue weighted by atomic mass is 10.1. The van der Waals surface area contributed by atoms with Crippen molar-refractivity contribution in [1.82, 2.24) is 0 Å². The molecule has 0 N–H and O–H groups in total. The van der Waals surface area contributed by atoms with Gasteiger partial charge in [-0.2, -0.15) is 0 Å². The molecule has 0 saturated heterocycles. The number of rotatable bonds is 14. The lowest BCUT2D eigenvalue weighted by Crippen LogP contribution is -2.09. The molecular weight excluding hydrogens is 280 g/mol. The van der Waals surface area contributed by atoms with Gasteiger partial charge < -0.3 is 9.47 Å². The van der Waals surface area contributed by atoms with Crippen LogP contribution >= 0.6 is 0 Å². The monoisotopic (exact) mass is 314 g/mol. The summed E-state index contributed by atoms with van der Waals surface area (Å²) in [4.78, 5) is 22.9. The molecule has 0 rings (SSSR count). The third-order valence-corrected chi connectivity index (χ3v) is 3.35. The van der Waals surface area contributed by atoms with Gasteiger partial charge in [0.25, 0.3) is 0 Å². The van der Waals surface area contributed by atoms with Crippen molar-refractivity contribution in [3.63, 3.8) is 0 Å². The summed E-state index contributed by atoms with van der Waals surface area (Å²) in [6, 6.07) is 0. The maximum atomic E-state index is 11.5. The van der Waals surface area contributed by atoms with Crippen LogP contribution < -0.4 is 0 Å². The summed E-state index contributed by atoms with van der Waals surface area (Å²) in [5.41, 5.74) is 0. The summed E-state index contributed by atoms with van der Waals surface area (Å²) < 4.78 is 10.3. The highest BCUT2D eigenvalue weighted by Gasteiger charge is 2.06. The minimum absolute atomic E-state index is 0.113. The number of carbonyl (C=O) groups excluding carboxylic acids is 2. The topological polar surface area (TPSA) is 52.6 Å². The van der Waals surface area contributed by atoms with Crippen molar-refractivity contribution in [2.45, 2.75) is 85.0 Å². The standard InChI is InChI=1S/C18H34O4/c1-4-5-6-7-11-14-21-17(19)12-9-8-10-13-18(20)22-15-16(2)3/h16H,4-15H2,1-3H3. The fourth-order valence-electron chi connectivity index (χ4n) is 2.01. The van der Waals surface area contributed by atoms with Gasteiger partial charge in [0.05, 0.1) is 13.2 Å². The Bertz CT molecular complexity index is 287. The zero-order chi connectivity index (χ0) is 16.6. The first-order chi connectivity index (χ1) is 10.6. The number of unbranched alkanes of at least 4 members (excludes halogenated alkanes) is 6. The van der Waals surface area contributed by atoms with E-state index in [1.165, 1.54) is 19.3 Å². The van der Waals surface area contributed by atoms with Crippen LogP contribution in [0.2, 0.25) is 0 Å². The van der Waals surface area contributed by atoms with Crippen molar-refractivity contribution in [3.8, 4) is 0 Å². The molecular formula is C18H34O4. The van der Waals surface area contributed by atoms with Crippen molar-refractivity contribution in [2.24, 2.45) is 5.92 Å². The van der Waals surface area contributed by atoms with E-state index < -0.39 is 0 Å². The van der Waals surface area contributed by atoms with E-state index >= 15 is 0 Å². The fourth-order valence-corrected chi connectivity index (χ4v) is 2.01. The molecule has 4 heteroatoms. The summed E-state index contributed by atoms with van der Waals surface area (Å²) in [7, 11) is 0. The number of ether oxygens (including phenoxy) is 2. The average Bonchev–Trinajstić information content (AvgIpc) is 2.48. The molecule has 0 heterocycles. The summed E-state index contributed by atoms with van der Waals surface area (Å²) in [5, 5.41) is 0. The molecule has 0 radical (unpaired) electrons. The second-order valence-electron chi connectivity index (χ2n) is 6.27. The molecule has 130 valence electrons. The third-order valence-electron chi connectivity index (χ3n) is 3.35. The number of esters is 2. The zero-order valence-corrected chi connectivity index (χ0v) is 14.7. The second-order valence-corrected chi connectivity index (χ2v) is 6.27. The fraction of sp³-hybridized carbons (Fsp3) is 0.889. The lowest BCUT2D eigenvalue weighted by molar-refractivity contribution is -0.144. The highest BCUT2D eigenvalue weighted by Crippen LogP contribution is 2.07. The summed E-state index contributed by atoms with van der Waals surface area (Å²) in [6.07, 6.45) is 9.14. The van der Waals surface area contributed by atoms with Gasteiger partial charge in [-0.15, -0.1) is 0 Å². The molecule has 4 nitrogen and oxygen atoms in total. The van der Waals surface area contributed by atoms with Gasteiger partial charge in [0.2, 0.25) is 0 Å². The molecule has 0 aliphatic carbocycles. The van der Waals surface area contributed by atoms with E-state index in [0.717, 1.165) is 32.1 Å². The van der Waals surface area contributed by atoms with Gasteiger partial charge in [0.15, 0.2) is 0 Å². The molecule has 0 aromatic carbocycles. The van der Waals surface area contributed by atoms with Gasteiger partial charge in [-0.1, -0.05) is 52.9 Å². The van der Waals surface area contributed by atoms with Crippen LogP contribution in [0.15, 0.2) is 0 Å². The Morgan fingerprint density at radius 1 is 0.773 bits per heavy atom. The molecule has 0 unspecified atom stereocenters. The smallest absolute Gasteiger partial charge is 0.305 e. The van der Waals surface area contributed by atoms with E-state index in [2.05, 4.69) is 6.92 Å². The average molecular weight is 314 g/mol. The minimum atomic E-state index is -0.136. The molecule has 0 atom stereocenters. The van der Waals surface area contributed by atoms with Crippen LogP contribution in [0, 0.1) is 5.92 Å². The first kappa shape index (κ1) is 20.9. The molecule has 0 spiro atoms. The predicted octanol–water partition coefficient (Wildman–Crippen LogP) is 4.65. The molecule has 0 aromatic heterocycles. The quantitative estimate of drug-likeness (QED) is 0.346. The van der Waals surface area contributed by atoms with E-state index in [9.17, 15) is 9.59 Å². The highest BCUT2D eigenvalue weighted by molar-refractivity contribution is 5.69. The maximum absolute atomic E-state index is 11.5. The van der Waals surface area contributed by atoms with Gasteiger partial charge in [0, 0.05) is 12.8 Å². The number of hydrogen-bond donors (Lipinski definition) is 0. The third kappa shape index (κ3) is 15.3. The normalized spacial score (nSPS) is 10.7. The largest absolute Gasteiger partial charge is 0.466 e.